The van der Waals surface area contributed by atoms with Gasteiger partial charge in [0.15, 0.2) is 5.78 Å². The number of rotatable bonds is 7. The molecule has 6 heteroatoms. The minimum Gasteiger partial charge on any atom is -0.508 e. The molecule has 0 aliphatic carbocycles. The number of nitrogens with zero attached hydrogens (tertiary/aromatic N) is 1. The van der Waals surface area contributed by atoms with Crippen molar-refractivity contribution in [1.82, 2.24) is 0 Å². The molecule has 6 nitrogen and oxygen atoms in total. The van der Waals surface area contributed by atoms with Crippen LogP contribution in [0, 0.1) is 0 Å². The Morgan fingerprint density at radius 1 is 1.08 bits per heavy atom. The van der Waals surface area contributed by atoms with Crippen LogP contribution in [0.4, 0.5) is 5.69 Å². The molecule has 2 rings (SSSR count). The third-order valence-electron chi connectivity index (χ3n) is 3.74. The lowest BCUT2D eigenvalue weighted by atomic mass is 10.0. The monoisotopic (exact) mass is 329 g/mol. The molecule has 2 N–H and O–H groups in total. The Morgan fingerprint density at radius 3 is 2.33 bits per heavy atom. The maximum absolute atomic E-state index is 12.6. The molecule has 0 saturated carbocycles. The zero-order chi connectivity index (χ0) is 17.7. The first-order chi connectivity index (χ1) is 11.5. The molecule has 0 heterocycles. The largest absolute Gasteiger partial charge is 0.508 e. The molecule has 0 atom stereocenters. The number of carbonyl (C=O) groups is 2. The third kappa shape index (κ3) is 3.48. The van der Waals surface area contributed by atoms with E-state index in [4.69, 9.17) is 4.74 Å². The first kappa shape index (κ1) is 17.3. The molecule has 24 heavy (non-hydrogen) atoms. The Kier molecular flexibility index (Phi) is 5.42. The van der Waals surface area contributed by atoms with Crippen molar-refractivity contribution < 1.29 is 24.5 Å². The maximum Gasteiger partial charge on any atom is 0.298 e. The van der Waals surface area contributed by atoms with Crippen LogP contribution >= 0.6 is 0 Å². The Morgan fingerprint density at radius 2 is 1.75 bits per heavy atom. The van der Waals surface area contributed by atoms with Gasteiger partial charge < -0.3 is 19.8 Å². The van der Waals surface area contributed by atoms with E-state index in [0.717, 1.165) is 18.8 Å². The molecular formula is C18H19NO5. The van der Waals surface area contributed by atoms with Gasteiger partial charge in [0.1, 0.15) is 17.2 Å². The summed E-state index contributed by atoms with van der Waals surface area (Å²) >= 11 is 0. The molecule has 0 aliphatic rings. The van der Waals surface area contributed by atoms with Crippen molar-refractivity contribution in [3.05, 3.63) is 47.5 Å². The van der Waals surface area contributed by atoms with Gasteiger partial charge in [0.2, 0.25) is 0 Å². The number of phenols is 2. The molecule has 2 aromatic carbocycles. The van der Waals surface area contributed by atoms with Gasteiger partial charge in [-0.05, 0) is 38.1 Å². The summed E-state index contributed by atoms with van der Waals surface area (Å²) in [5.41, 5.74) is 0.974. The van der Waals surface area contributed by atoms with Crippen molar-refractivity contribution in [2.45, 2.75) is 13.8 Å². The number of hydrogen-bond donors (Lipinski definition) is 2. The lowest BCUT2D eigenvalue weighted by molar-refractivity contribution is -0.120. The Hall–Kier alpha value is -3.02. The second kappa shape index (κ2) is 7.50. The van der Waals surface area contributed by atoms with Gasteiger partial charge in [-0.2, -0.15) is 0 Å². The maximum atomic E-state index is 12.6. The van der Waals surface area contributed by atoms with Crippen molar-refractivity contribution in [2.75, 3.05) is 18.0 Å². The zero-order valence-electron chi connectivity index (χ0n) is 13.5. The van der Waals surface area contributed by atoms with E-state index in [1.54, 1.807) is 6.07 Å². The Bertz CT molecular complexity index is 753. The molecule has 0 radical (unpaired) electrons. The van der Waals surface area contributed by atoms with Gasteiger partial charge in [0.05, 0.1) is 11.1 Å². The van der Waals surface area contributed by atoms with Gasteiger partial charge in [-0.25, -0.2) is 0 Å². The molecule has 0 spiro atoms. The number of carbonyl (C=O) groups excluding carboxylic acids is 2. The van der Waals surface area contributed by atoms with E-state index in [1.165, 1.54) is 30.3 Å². The van der Waals surface area contributed by atoms with E-state index in [2.05, 4.69) is 0 Å². The van der Waals surface area contributed by atoms with Crippen molar-refractivity contribution in [2.24, 2.45) is 0 Å². The summed E-state index contributed by atoms with van der Waals surface area (Å²) < 4.78 is 4.75. The smallest absolute Gasteiger partial charge is 0.298 e. The molecular weight excluding hydrogens is 310 g/mol. The normalized spacial score (nSPS) is 10.2. The van der Waals surface area contributed by atoms with Crippen LogP contribution < -0.4 is 9.64 Å². The molecule has 0 aromatic heterocycles. The molecule has 0 aliphatic heterocycles. The first-order valence-corrected chi connectivity index (χ1v) is 7.57. The highest BCUT2D eigenvalue weighted by Crippen LogP contribution is 2.31. The predicted octanol–water partition coefficient (Wildman–Crippen LogP) is 2.71. The van der Waals surface area contributed by atoms with Crippen LogP contribution in [0.25, 0.3) is 0 Å². The summed E-state index contributed by atoms with van der Waals surface area (Å²) in [4.78, 5) is 25.3. The van der Waals surface area contributed by atoms with Crippen molar-refractivity contribution in [1.29, 1.82) is 0 Å². The van der Waals surface area contributed by atoms with Crippen molar-refractivity contribution in [3.63, 3.8) is 0 Å². The molecule has 2 aromatic rings. The highest BCUT2D eigenvalue weighted by Gasteiger charge is 2.19. The zero-order valence-corrected chi connectivity index (χ0v) is 13.5. The van der Waals surface area contributed by atoms with Crippen LogP contribution in [0.2, 0.25) is 0 Å². The first-order valence-electron chi connectivity index (χ1n) is 7.57. The molecule has 126 valence electrons. The average Bonchev–Trinajstić information content (AvgIpc) is 2.56. The van der Waals surface area contributed by atoms with E-state index in [-0.39, 0.29) is 34.8 Å². The van der Waals surface area contributed by atoms with Crippen LogP contribution in [-0.2, 0) is 4.79 Å². The molecule has 0 unspecified atom stereocenters. The fourth-order valence-electron chi connectivity index (χ4n) is 2.49. The molecule has 0 saturated heterocycles. The number of aromatic hydroxyl groups is 2. The number of ketones is 1. The van der Waals surface area contributed by atoms with Crippen LogP contribution in [0.5, 0.6) is 17.2 Å². The van der Waals surface area contributed by atoms with Crippen LogP contribution in [0.3, 0.4) is 0 Å². The highest BCUT2D eigenvalue weighted by molar-refractivity contribution is 6.12. The van der Waals surface area contributed by atoms with E-state index in [0.29, 0.717) is 0 Å². The predicted molar refractivity (Wildman–Crippen MR) is 89.9 cm³/mol. The van der Waals surface area contributed by atoms with Crippen LogP contribution in [0.15, 0.2) is 36.4 Å². The second-order valence-electron chi connectivity index (χ2n) is 5.10. The summed E-state index contributed by atoms with van der Waals surface area (Å²) in [6.45, 7) is 5.73. The summed E-state index contributed by atoms with van der Waals surface area (Å²) in [5, 5.41) is 19.7. The lowest BCUT2D eigenvalue weighted by Crippen LogP contribution is -2.21. The van der Waals surface area contributed by atoms with Gasteiger partial charge in [0, 0.05) is 30.9 Å². The van der Waals surface area contributed by atoms with Crippen LogP contribution in [0.1, 0.15) is 29.8 Å². The fraction of sp³-hybridized carbons (Fsp3) is 0.222. The van der Waals surface area contributed by atoms with E-state index < -0.39 is 5.78 Å². The summed E-state index contributed by atoms with van der Waals surface area (Å²) in [6.07, 6.45) is 0. The van der Waals surface area contributed by atoms with Crippen molar-refractivity contribution in [3.8, 4) is 17.2 Å². The van der Waals surface area contributed by atoms with Gasteiger partial charge in [-0.15, -0.1) is 0 Å². The number of anilines is 1. The summed E-state index contributed by atoms with van der Waals surface area (Å²) in [5.74, 6) is -0.864. The van der Waals surface area contributed by atoms with Gasteiger partial charge in [-0.3, -0.25) is 9.59 Å². The van der Waals surface area contributed by atoms with E-state index >= 15 is 0 Å². The number of ether oxygens (including phenoxy) is 1. The van der Waals surface area contributed by atoms with Gasteiger partial charge >= 0.3 is 0 Å². The fourth-order valence-corrected chi connectivity index (χ4v) is 2.49. The molecule has 0 bridgehead atoms. The van der Waals surface area contributed by atoms with Crippen LogP contribution in [-0.4, -0.2) is 35.6 Å². The number of hydrogen-bond acceptors (Lipinski definition) is 6. The van der Waals surface area contributed by atoms with Gasteiger partial charge in [-0.1, -0.05) is 0 Å². The number of phenolic OH excluding ortho intramolecular Hbond substituents is 2. The Balaban J connectivity index is 2.42. The topological polar surface area (TPSA) is 87.1 Å². The second-order valence-corrected chi connectivity index (χ2v) is 5.10. The van der Waals surface area contributed by atoms with E-state index in [1.807, 2.05) is 18.7 Å². The van der Waals surface area contributed by atoms with Crippen molar-refractivity contribution >= 4 is 17.9 Å². The summed E-state index contributed by atoms with van der Waals surface area (Å²) in [6, 6.07) is 8.63. The minimum absolute atomic E-state index is 0.0674. The average molecular weight is 329 g/mol. The summed E-state index contributed by atoms with van der Waals surface area (Å²) in [7, 11) is 0. The highest BCUT2D eigenvalue weighted by atomic mass is 16.5. The quantitative estimate of drug-likeness (QED) is 0.600. The molecule has 0 fully saturated rings. The third-order valence-corrected chi connectivity index (χ3v) is 3.74. The lowest BCUT2D eigenvalue weighted by Gasteiger charge is -2.21. The van der Waals surface area contributed by atoms with Gasteiger partial charge in [0.25, 0.3) is 6.47 Å². The standard InChI is InChI=1S/C18H19NO5/c1-3-19(4-2)12-5-7-14(16(22)9-12)18(23)15-8-6-13(21)10-17(15)24-11-20/h5-11,21-22H,3-4H2,1-2H3. The Labute approximate surface area is 139 Å². The molecule has 0 amide bonds. The number of benzene rings is 2. The van der Waals surface area contributed by atoms with E-state index in [9.17, 15) is 19.8 Å². The SMILES string of the molecule is CCN(CC)c1ccc(C(=O)c2ccc(O)cc2OC=O)c(O)c1. The minimum atomic E-state index is -0.504.